The van der Waals surface area contributed by atoms with Crippen LogP contribution in [-0.2, 0) is 0 Å². The molecule has 0 aliphatic rings. The third-order valence-corrected chi connectivity index (χ3v) is 3.05. The van der Waals surface area contributed by atoms with E-state index in [0.717, 1.165) is 5.39 Å². The van der Waals surface area contributed by atoms with Gasteiger partial charge < -0.3 is 14.8 Å². The van der Waals surface area contributed by atoms with Crippen LogP contribution in [0.15, 0.2) is 47.2 Å². The van der Waals surface area contributed by atoms with Crippen molar-refractivity contribution >= 4 is 16.8 Å². The number of amides is 1. The summed E-state index contributed by atoms with van der Waals surface area (Å²) in [5, 5.41) is 20.1. The van der Waals surface area contributed by atoms with Crippen molar-refractivity contribution in [3.63, 3.8) is 0 Å². The van der Waals surface area contributed by atoms with E-state index in [4.69, 9.17) is 4.42 Å². The number of furan rings is 1. The number of aliphatic hydroxyl groups is 1. The quantitative estimate of drug-likeness (QED) is 0.672. The molecule has 3 aromatic rings. The molecule has 20 heavy (non-hydrogen) atoms. The third kappa shape index (κ3) is 2.28. The van der Waals surface area contributed by atoms with Gasteiger partial charge in [-0.3, -0.25) is 9.89 Å². The van der Waals surface area contributed by atoms with E-state index in [1.165, 1.54) is 6.26 Å². The smallest absolute Gasteiger partial charge is 0.253 e. The highest BCUT2D eigenvalue weighted by Crippen LogP contribution is 2.16. The zero-order valence-electron chi connectivity index (χ0n) is 10.5. The summed E-state index contributed by atoms with van der Waals surface area (Å²) in [7, 11) is 0. The number of carbonyl (C=O) groups excluding carboxylic acids is 1. The summed E-state index contributed by atoms with van der Waals surface area (Å²) in [5.74, 6) is 0.149. The minimum absolute atomic E-state index is 0.0802. The SMILES string of the molecule is O=C(NCC(O)c1ccco1)c1cccc2cn[nH]c12. The van der Waals surface area contributed by atoms with E-state index in [9.17, 15) is 9.90 Å². The molecule has 0 saturated heterocycles. The van der Waals surface area contributed by atoms with Crippen molar-refractivity contribution in [2.75, 3.05) is 6.54 Å². The summed E-state index contributed by atoms with van der Waals surface area (Å²) in [6.45, 7) is 0.0802. The van der Waals surface area contributed by atoms with E-state index in [1.54, 1.807) is 30.5 Å². The number of H-pyrrole nitrogens is 1. The van der Waals surface area contributed by atoms with Crippen LogP contribution < -0.4 is 5.32 Å². The number of fused-ring (bicyclic) bond motifs is 1. The number of rotatable bonds is 4. The number of nitrogens with zero attached hydrogens (tertiary/aromatic N) is 1. The van der Waals surface area contributed by atoms with Crippen molar-refractivity contribution in [1.82, 2.24) is 15.5 Å². The number of benzene rings is 1. The van der Waals surface area contributed by atoms with Crippen LogP contribution in [0.4, 0.5) is 0 Å². The average Bonchev–Trinajstić information content (AvgIpc) is 3.13. The zero-order valence-corrected chi connectivity index (χ0v) is 10.5. The second-order valence-electron chi connectivity index (χ2n) is 4.38. The highest BCUT2D eigenvalue weighted by atomic mass is 16.4. The second-order valence-corrected chi connectivity index (χ2v) is 4.38. The number of nitrogens with one attached hydrogen (secondary N) is 2. The van der Waals surface area contributed by atoms with Gasteiger partial charge in [-0.05, 0) is 18.2 Å². The van der Waals surface area contributed by atoms with Crippen molar-refractivity contribution in [2.24, 2.45) is 0 Å². The van der Waals surface area contributed by atoms with Crippen LogP contribution in [0.3, 0.4) is 0 Å². The van der Waals surface area contributed by atoms with E-state index in [-0.39, 0.29) is 12.5 Å². The molecule has 6 heteroatoms. The van der Waals surface area contributed by atoms with Crippen LogP contribution in [0.1, 0.15) is 22.2 Å². The summed E-state index contributed by atoms with van der Waals surface area (Å²) >= 11 is 0. The summed E-state index contributed by atoms with van der Waals surface area (Å²) in [5.41, 5.74) is 1.17. The topological polar surface area (TPSA) is 91.2 Å². The molecule has 102 valence electrons. The van der Waals surface area contributed by atoms with Crippen molar-refractivity contribution in [3.05, 3.63) is 54.1 Å². The molecule has 0 fully saturated rings. The number of hydrogen-bond acceptors (Lipinski definition) is 4. The molecule has 1 unspecified atom stereocenters. The van der Waals surface area contributed by atoms with Gasteiger partial charge >= 0.3 is 0 Å². The normalized spacial score (nSPS) is 12.4. The Hall–Kier alpha value is -2.60. The predicted octanol–water partition coefficient (Wildman–Crippen LogP) is 1.62. The highest BCUT2D eigenvalue weighted by molar-refractivity contribution is 6.05. The first-order valence-electron chi connectivity index (χ1n) is 6.17. The molecule has 1 atom stereocenters. The summed E-state index contributed by atoms with van der Waals surface area (Å²) in [6.07, 6.45) is 2.27. The van der Waals surface area contributed by atoms with Crippen LogP contribution in [0, 0.1) is 0 Å². The minimum atomic E-state index is -0.866. The first-order valence-corrected chi connectivity index (χ1v) is 6.17. The average molecular weight is 271 g/mol. The lowest BCUT2D eigenvalue weighted by atomic mass is 10.1. The van der Waals surface area contributed by atoms with Gasteiger partial charge in [0.2, 0.25) is 0 Å². The van der Waals surface area contributed by atoms with Gasteiger partial charge in [-0.25, -0.2) is 0 Å². The Balaban J connectivity index is 1.72. The Labute approximate surface area is 114 Å². The molecule has 6 nitrogen and oxygen atoms in total. The fraction of sp³-hybridized carbons (Fsp3) is 0.143. The molecular formula is C14H13N3O3. The fourth-order valence-corrected chi connectivity index (χ4v) is 2.02. The lowest BCUT2D eigenvalue weighted by Gasteiger charge is -2.10. The number of carbonyl (C=O) groups is 1. The van der Waals surface area contributed by atoms with Gasteiger partial charge in [0.05, 0.1) is 30.1 Å². The van der Waals surface area contributed by atoms with Gasteiger partial charge in [0.15, 0.2) is 0 Å². The molecule has 1 aromatic carbocycles. The maximum atomic E-state index is 12.1. The molecule has 0 saturated carbocycles. The predicted molar refractivity (Wildman–Crippen MR) is 72.1 cm³/mol. The summed E-state index contributed by atoms with van der Waals surface area (Å²) in [6, 6.07) is 8.70. The monoisotopic (exact) mass is 271 g/mol. The summed E-state index contributed by atoms with van der Waals surface area (Å²) < 4.78 is 5.07. The Bertz CT molecular complexity index is 718. The second kappa shape index (κ2) is 5.18. The molecule has 0 aliphatic heterocycles. The first kappa shape index (κ1) is 12.4. The van der Waals surface area contributed by atoms with Crippen LogP contribution in [0.2, 0.25) is 0 Å². The maximum Gasteiger partial charge on any atom is 0.253 e. The number of aliphatic hydroxyl groups excluding tert-OH is 1. The fourth-order valence-electron chi connectivity index (χ4n) is 2.02. The standard InChI is InChI=1S/C14H13N3O3/c18-11(12-5-2-6-20-12)8-15-14(19)10-4-1-3-9-7-16-17-13(9)10/h1-7,11,18H,8H2,(H,15,19)(H,16,17). The number of aromatic amines is 1. The van der Waals surface area contributed by atoms with Gasteiger partial charge in [0, 0.05) is 5.39 Å². The van der Waals surface area contributed by atoms with Crippen molar-refractivity contribution in [3.8, 4) is 0 Å². The van der Waals surface area contributed by atoms with Crippen LogP contribution in [-0.4, -0.2) is 27.8 Å². The van der Waals surface area contributed by atoms with E-state index in [2.05, 4.69) is 15.5 Å². The third-order valence-electron chi connectivity index (χ3n) is 3.05. The lowest BCUT2D eigenvalue weighted by Crippen LogP contribution is -2.28. The largest absolute Gasteiger partial charge is 0.467 e. The van der Waals surface area contributed by atoms with E-state index < -0.39 is 6.10 Å². The van der Waals surface area contributed by atoms with Crippen molar-refractivity contribution in [1.29, 1.82) is 0 Å². The lowest BCUT2D eigenvalue weighted by molar-refractivity contribution is 0.0902. The minimum Gasteiger partial charge on any atom is -0.467 e. The molecule has 0 aliphatic carbocycles. The molecule has 3 rings (SSSR count). The van der Waals surface area contributed by atoms with Gasteiger partial charge in [0.25, 0.3) is 5.91 Å². The van der Waals surface area contributed by atoms with Crippen LogP contribution >= 0.6 is 0 Å². The van der Waals surface area contributed by atoms with Gasteiger partial charge in [-0.15, -0.1) is 0 Å². The van der Waals surface area contributed by atoms with Crippen molar-refractivity contribution < 1.29 is 14.3 Å². The molecule has 0 spiro atoms. The van der Waals surface area contributed by atoms with Gasteiger partial charge in [-0.2, -0.15) is 5.10 Å². The Morgan fingerprint density at radius 3 is 3.10 bits per heavy atom. The number of hydrogen-bond donors (Lipinski definition) is 3. The zero-order chi connectivity index (χ0) is 13.9. The molecular weight excluding hydrogens is 258 g/mol. The van der Waals surface area contributed by atoms with Gasteiger partial charge in [-0.1, -0.05) is 12.1 Å². The van der Waals surface area contributed by atoms with E-state index >= 15 is 0 Å². The van der Waals surface area contributed by atoms with E-state index in [0.29, 0.717) is 16.8 Å². The Morgan fingerprint density at radius 2 is 2.30 bits per heavy atom. The Kier molecular flexibility index (Phi) is 3.22. The highest BCUT2D eigenvalue weighted by Gasteiger charge is 2.15. The molecule has 0 radical (unpaired) electrons. The number of para-hydroxylation sites is 1. The summed E-state index contributed by atoms with van der Waals surface area (Å²) in [4.78, 5) is 12.1. The maximum absolute atomic E-state index is 12.1. The van der Waals surface area contributed by atoms with Crippen LogP contribution in [0.25, 0.3) is 10.9 Å². The Morgan fingerprint density at radius 1 is 1.40 bits per heavy atom. The molecule has 3 N–H and O–H groups in total. The van der Waals surface area contributed by atoms with Gasteiger partial charge in [0.1, 0.15) is 11.9 Å². The molecule has 0 bridgehead atoms. The number of aromatic nitrogens is 2. The molecule has 2 heterocycles. The first-order chi connectivity index (χ1) is 9.75. The van der Waals surface area contributed by atoms with Crippen molar-refractivity contribution in [2.45, 2.75) is 6.10 Å². The van der Waals surface area contributed by atoms with E-state index in [1.807, 2.05) is 6.07 Å². The molecule has 2 aromatic heterocycles. The molecule has 1 amide bonds. The van der Waals surface area contributed by atoms with Crippen LogP contribution in [0.5, 0.6) is 0 Å².